The SMILES string of the molecule is O=C(NCC(=O)N1CCCNCC1)c1ccc(S(=O)(=O)N(C(=O)c2ccc(Cl)cc2Cl)c2ccccc2)cc1. The molecule has 0 saturated carbocycles. The van der Waals surface area contributed by atoms with E-state index in [-0.39, 0.29) is 39.2 Å². The van der Waals surface area contributed by atoms with Gasteiger partial charge < -0.3 is 15.5 Å². The minimum atomic E-state index is -4.42. The molecule has 1 heterocycles. The van der Waals surface area contributed by atoms with E-state index in [1.54, 1.807) is 23.1 Å². The summed E-state index contributed by atoms with van der Waals surface area (Å²) < 4.78 is 28.1. The number of carbonyl (C=O) groups is 3. The number of benzene rings is 3. The Morgan fingerprint density at radius 1 is 0.923 bits per heavy atom. The number of rotatable bonds is 7. The number of amides is 3. The van der Waals surface area contributed by atoms with E-state index in [2.05, 4.69) is 10.6 Å². The van der Waals surface area contributed by atoms with Crippen LogP contribution in [0.15, 0.2) is 77.7 Å². The minimum Gasteiger partial charge on any atom is -0.343 e. The summed E-state index contributed by atoms with van der Waals surface area (Å²) in [6.45, 7) is 2.55. The molecule has 3 aromatic rings. The fourth-order valence-corrected chi connectivity index (χ4v) is 5.95. The Balaban J connectivity index is 1.54. The molecule has 12 heteroatoms. The fourth-order valence-electron chi connectivity index (χ4n) is 4.05. The number of sulfonamides is 1. The number of para-hydroxylation sites is 1. The first-order valence-electron chi connectivity index (χ1n) is 12.1. The number of halogens is 2. The van der Waals surface area contributed by atoms with Gasteiger partial charge in [-0.1, -0.05) is 41.4 Å². The molecule has 1 aliphatic heterocycles. The normalized spacial score (nSPS) is 13.8. The van der Waals surface area contributed by atoms with E-state index in [4.69, 9.17) is 23.2 Å². The molecule has 3 amide bonds. The summed E-state index contributed by atoms with van der Waals surface area (Å²) in [5.41, 5.74) is 0.226. The zero-order valence-corrected chi connectivity index (χ0v) is 23.1. The summed E-state index contributed by atoms with van der Waals surface area (Å²) in [5, 5.41) is 6.09. The molecule has 0 spiro atoms. The van der Waals surface area contributed by atoms with Gasteiger partial charge in [0, 0.05) is 30.2 Å². The molecule has 204 valence electrons. The summed E-state index contributed by atoms with van der Waals surface area (Å²) in [7, 11) is -4.42. The number of hydrogen-bond donors (Lipinski definition) is 2. The summed E-state index contributed by atoms with van der Waals surface area (Å²) in [6, 6.07) is 17.1. The molecule has 4 rings (SSSR count). The highest BCUT2D eigenvalue weighted by molar-refractivity contribution is 7.93. The first-order chi connectivity index (χ1) is 18.7. The second-order valence-corrected chi connectivity index (χ2v) is 11.4. The summed E-state index contributed by atoms with van der Waals surface area (Å²) in [5.74, 6) is -1.58. The van der Waals surface area contributed by atoms with Gasteiger partial charge in [0.1, 0.15) is 0 Å². The molecular weight excluding hydrogens is 563 g/mol. The van der Waals surface area contributed by atoms with E-state index in [9.17, 15) is 22.8 Å². The van der Waals surface area contributed by atoms with Crippen molar-refractivity contribution in [3.05, 3.63) is 94.0 Å². The van der Waals surface area contributed by atoms with E-state index < -0.39 is 21.8 Å². The van der Waals surface area contributed by atoms with Crippen molar-refractivity contribution < 1.29 is 22.8 Å². The molecule has 1 fully saturated rings. The molecule has 1 saturated heterocycles. The third-order valence-electron chi connectivity index (χ3n) is 6.08. The zero-order valence-electron chi connectivity index (χ0n) is 20.8. The summed E-state index contributed by atoms with van der Waals surface area (Å²) in [4.78, 5) is 40.1. The van der Waals surface area contributed by atoms with Crippen LogP contribution >= 0.6 is 23.2 Å². The lowest BCUT2D eigenvalue weighted by Gasteiger charge is -2.23. The highest BCUT2D eigenvalue weighted by Gasteiger charge is 2.33. The predicted octanol–water partition coefficient (Wildman–Crippen LogP) is 3.58. The Kier molecular flexibility index (Phi) is 9.24. The quantitative estimate of drug-likeness (QED) is 0.436. The molecule has 1 aliphatic rings. The lowest BCUT2D eigenvalue weighted by molar-refractivity contribution is -0.129. The van der Waals surface area contributed by atoms with Gasteiger partial charge in [0.25, 0.3) is 21.8 Å². The number of nitrogens with one attached hydrogen (secondary N) is 2. The van der Waals surface area contributed by atoms with Gasteiger partial charge in [0.15, 0.2) is 0 Å². The zero-order chi connectivity index (χ0) is 28.0. The predicted molar refractivity (Wildman–Crippen MR) is 150 cm³/mol. The molecule has 3 aromatic carbocycles. The van der Waals surface area contributed by atoms with Crippen LogP contribution in [0.5, 0.6) is 0 Å². The van der Waals surface area contributed by atoms with Crippen molar-refractivity contribution in [3.8, 4) is 0 Å². The third-order valence-corrected chi connectivity index (χ3v) is 8.36. The molecule has 0 aromatic heterocycles. The smallest absolute Gasteiger partial charge is 0.273 e. The number of anilines is 1. The first-order valence-corrected chi connectivity index (χ1v) is 14.3. The van der Waals surface area contributed by atoms with Crippen molar-refractivity contribution >= 4 is 56.6 Å². The van der Waals surface area contributed by atoms with Crippen LogP contribution in [0.4, 0.5) is 5.69 Å². The maximum Gasteiger partial charge on any atom is 0.273 e. The highest BCUT2D eigenvalue weighted by atomic mass is 35.5. The van der Waals surface area contributed by atoms with E-state index in [1.807, 2.05) is 0 Å². The van der Waals surface area contributed by atoms with Crippen LogP contribution in [0.25, 0.3) is 0 Å². The van der Waals surface area contributed by atoms with E-state index in [0.717, 1.165) is 13.0 Å². The van der Waals surface area contributed by atoms with Crippen molar-refractivity contribution in [1.29, 1.82) is 0 Å². The molecular formula is C27H26Cl2N4O5S. The van der Waals surface area contributed by atoms with E-state index in [0.29, 0.717) is 29.0 Å². The maximum absolute atomic E-state index is 13.7. The number of hydrogen-bond acceptors (Lipinski definition) is 6. The van der Waals surface area contributed by atoms with Crippen molar-refractivity contribution in [2.75, 3.05) is 37.0 Å². The van der Waals surface area contributed by atoms with Crippen LogP contribution in [0, 0.1) is 0 Å². The largest absolute Gasteiger partial charge is 0.343 e. The van der Waals surface area contributed by atoms with Gasteiger partial charge in [-0.3, -0.25) is 14.4 Å². The molecule has 0 aliphatic carbocycles. The third kappa shape index (κ3) is 6.77. The molecule has 9 nitrogen and oxygen atoms in total. The Hall–Kier alpha value is -3.44. The Morgan fingerprint density at radius 2 is 1.64 bits per heavy atom. The van der Waals surface area contributed by atoms with Crippen LogP contribution < -0.4 is 14.9 Å². The molecule has 0 radical (unpaired) electrons. The lowest BCUT2D eigenvalue weighted by atomic mass is 10.2. The summed E-state index contributed by atoms with van der Waals surface area (Å²) in [6.07, 6.45) is 0.836. The fraction of sp³-hybridized carbons (Fsp3) is 0.222. The average Bonchev–Trinajstić information content (AvgIpc) is 3.22. The standard InChI is InChI=1S/C27H26Cl2N4O5S/c28-20-9-12-23(24(29)17-20)27(36)33(21-5-2-1-3-6-21)39(37,38)22-10-7-19(8-11-22)26(35)31-18-25(34)32-15-4-13-30-14-16-32/h1-3,5-12,17,30H,4,13-16,18H2,(H,31,35). The van der Waals surface area contributed by atoms with Crippen molar-refractivity contribution in [1.82, 2.24) is 15.5 Å². The number of nitrogens with zero attached hydrogens (tertiary/aromatic N) is 2. The van der Waals surface area contributed by atoms with Gasteiger partial charge in [-0.15, -0.1) is 0 Å². The van der Waals surface area contributed by atoms with Crippen molar-refractivity contribution in [2.45, 2.75) is 11.3 Å². The Bertz CT molecular complexity index is 1460. The van der Waals surface area contributed by atoms with Gasteiger partial charge in [0.2, 0.25) is 5.91 Å². The maximum atomic E-state index is 13.7. The first kappa shape index (κ1) is 28.6. The average molecular weight is 590 g/mol. The van der Waals surface area contributed by atoms with Crippen LogP contribution in [-0.4, -0.2) is 63.8 Å². The monoisotopic (exact) mass is 588 g/mol. The second-order valence-electron chi connectivity index (χ2n) is 8.73. The van der Waals surface area contributed by atoms with E-state index >= 15 is 0 Å². The molecule has 2 N–H and O–H groups in total. The van der Waals surface area contributed by atoms with Gasteiger partial charge >= 0.3 is 0 Å². The Morgan fingerprint density at radius 3 is 2.33 bits per heavy atom. The van der Waals surface area contributed by atoms with Gasteiger partial charge in [-0.2, -0.15) is 4.31 Å². The van der Waals surface area contributed by atoms with Gasteiger partial charge in [-0.05, 0) is 67.6 Å². The van der Waals surface area contributed by atoms with Gasteiger partial charge in [0.05, 0.1) is 27.7 Å². The van der Waals surface area contributed by atoms with Crippen LogP contribution in [0.3, 0.4) is 0 Å². The molecule has 0 atom stereocenters. The van der Waals surface area contributed by atoms with Crippen molar-refractivity contribution in [2.24, 2.45) is 0 Å². The molecule has 0 unspecified atom stereocenters. The van der Waals surface area contributed by atoms with Crippen LogP contribution in [0.2, 0.25) is 10.0 Å². The van der Waals surface area contributed by atoms with Gasteiger partial charge in [-0.25, -0.2) is 8.42 Å². The molecule has 0 bridgehead atoms. The topological polar surface area (TPSA) is 116 Å². The second kappa shape index (κ2) is 12.6. The lowest BCUT2D eigenvalue weighted by Crippen LogP contribution is -2.41. The van der Waals surface area contributed by atoms with Crippen LogP contribution in [-0.2, 0) is 14.8 Å². The van der Waals surface area contributed by atoms with Crippen LogP contribution in [0.1, 0.15) is 27.1 Å². The Labute approximate surface area is 236 Å². The van der Waals surface area contributed by atoms with E-state index in [1.165, 1.54) is 54.6 Å². The molecule has 39 heavy (non-hydrogen) atoms. The van der Waals surface area contributed by atoms with Crippen molar-refractivity contribution in [3.63, 3.8) is 0 Å². The number of carbonyl (C=O) groups excluding carboxylic acids is 3. The minimum absolute atomic E-state index is 0.00152. The summed E-state index contributed by atoms with van der Waals surface area (Å²) >= 11 is 12.2. The highest BCUT2D eigenvalue weighted by Crippen LogP contribution is 2.29.